The summed E-state index contributed by atoms with van der Waals surface area (Å²) in [6, 6.07) is 2.05. The summed E-state index contributed by atoms with van der Waals surface area (Å²) in [6.07, 6.45) is 9.73. The zero-order valence-corrected chi connectivity index (χ0v) is 14.1. The molecule has 1 atom stereocenters. The van der Waals surface area contributed by atoms with Gasteiger partial charge in [0.1, 0.15) is 24.1 Å². The van der Waals surface area contributed by atoms with Crippen LogP contribution in [0.5, 0.6) is 0 Å². The lowest BCUT2D eigenvalue weighted by molar-refractivity contribution is -0.108. The predicted molar refractivity (Wildman–Crippen MR) is 92.8 cm³/mol. The van der Waals surface area contributed by atoms with Gasteiger partial charge in [0, 0.05) is 37.8 Å². The van der Waals surface area contributed by atoms with E-state index in [1.165, 1.54) is 12.8 Å². The van der Waals surface area contributed by atoms with Crippen LogP contribution < -0.4 is 4.90 Å². The monoisotopic (exact) mass is 331 g/mol. The number of nitrogens with zero attached hydrogens (tertiary/aromatic N) is 4. The molecule has 23 heavy (non-hydrogen) atoms. The van der Waals surface area contributed by atoms with Gasteiger partial charge in [-0.25, -0.2) is 9.97 Å². The molecule has 0 amide bonds. The molecule has 2 aliphatic rings. The van der Waals surface area contributed by atoms with Crippen LogP contribution in [0.15, 0.2) is 18.6 Å². The number of hydrogen-bond acceptors (Lipinski definition) is 6. The van der Waals surface area contributed by atoms with Crippen molar-refractivity contribution in [3.63, 3.8) is 0 Å². The number of thioether (sulfide) groups is 1. The topological polar surface area (TPSA) is 65.1 Å². The van der Waals surface area contributed by atoms with Crippen molar-refractivity contribution in [2.24, 2.45) is 0 Å². The zero-order valence-electron chi connectivity index (χ0n) is 13.2. The molecule has 1 aliphatic heterocycles. The van der Waals surface area contributed by atoms with Crippen LogP contribution in [0.25, 0.3) is 11.0 Å². The predicted octanol–water partition coefficient (Wildman–Crippen LogP) is 1.89. The minimum atomic E-state index is 0.225. The summed E-state index contributed by atoms with van der Waals surface area (Å²) < 4.78 is 0. The van der Waals surface area contributed by atoms with Crippen molar-refractivity contribution in [3.05, 3.63) is 18.6 Å². The maximum absolute atomic E-state index is 11.0. The number of carbonyl (C=O) groups excluding carboxylic acids is 1. The Hall–Kier alpha value is -1.60. The highest BCUT2D eigenvalue weighted by Crippen LogP contribution is 2.47. The third-order valence-corrected chi connectivity index (χ3v) is 6.07. The van der Waals surface area contributed by atoms with E-state index >= 15 is 0 Å². The van der Waals surface area contributed by atoms with E-state index in [-0.39, 0.29) is 5.54 Å². The van der Waals surface area contributed by atoms with Crippen LogP contribution in [0.2, 0.25) is 0 Å². The fourth-order valence-electron chi connectivity index (χ4n) is 3.75. The second-order valence-electron chi connectivity index (χ2n) is 6.37. The summed E-state index contributed by atoms with van der Waals surface area (Å²) in [5, 5.41) is 1.39. The van der Waals surface area contributed by atoms with E-state index in [2.05, 4.69) is 31.0 Å². The smallest absolute Gasteiger partial charge is 0.142 e. The molecule has 0 radical (unpaired) electrons. The van der Waals surface area contributed by atoms with E-state index in [9.17, 15) is 4.79 Å². The number of hydrogen-bond donors (Lipinski definition) is 1. The van der Waals surface area contributed by atoms with Crippen LogP contribution in [0.1, 0.15) is 19.3 Å². The van der Waals surface area contributed by atoms with E-state index in [4.69, 9.17) is 0 Å². The van der Waals surface area contributed by atoms with Gasteiger partial charge in [-0.3, -0.25) is 4.90 Å². The molecule has 7 heteroatoms. The molecule has 4 rings (SSSR count). The fourth-order valence-corrected chi connectivity index (χ4v) is 4.61. The number of rotatable bonds is 5. The van der Waals surface area contributed by atoms with E-state index in [1.54, 1.807) is 18.1 Å². The largest absolute Gasteiger partial charge is 0.353 e. The minimum Gasteiger partial charge on any atom is -0.353 e. The zero-order chi connectivity index (χ0) is 15.9. The second kappa shape index (κ2) is 5.79. The molecule has 1 unspecified atom stereocenters. The van der Waals surface area contributed by atoms with Gasteiger partial charge >= 0.3 is 0 Å². The molecule has 2 fully saturated rings. The second-order valence-corrected chi connectivity index (χ2v) is 7.38. The van der Waals surface area contributed by atoms with Gasteiger partial charge in [0.25, 0.3) is 0 Å². The highest BCUT2D eigenvalue weighted by molar-refractivity contribution is 7.99. The number of carbonyl (C=O) groups is 1. The van der Waals surface area contributed by atoms with Gasteiger partial charge in [0.2, 0.25) is 0 Å². The third kappa shape index (κ3) is 2.52. The molecule has 0 bridgehead atoms. The van der Waals surface area contributed by atoms with Gasteiger partial charge in [0.15, 0.2) is 0 Å². The Labute approximate surface area is 139 Å². The first-order valence-electron chi connectivity index (χ1n) is 8.04. The van der Waals surface area contributed by atoms with Gasteiger partial charge in [0.05, 0.1) is 10.8 Å². The summed E-state index contributed by atoms with van der Waals surface area (Å²) in [5.74, 6) is 1.03. The first-order valence-corrected chi connectivity index (χ1v) is 9.32. The lowest BCUT2D eigenvalue weighted by atomic mass is 10.1. The van der Waals surface area contributed by atoms with Crippen molar-refractivity contribution >= 4 is 34.9 Å². The highest BCUT2D eigenvalue weighted by Gasteiger charge is 2.53. The maximum Gasteiger partial charge on any atom is 0.142 e. The SMILES string of the molecule is CSC(CC=O)N1CCN(c2ncnc3[nH]ccc23)CC12CC2. The Morgan fingerprint density at radius 3 is 3.04 bits per heavy atom. The van der Waals surface area contributed by atoms with Crippen molar-refractivity contribution in [2.75, 3.05) is 30.8 Å². The first-order chi connectivity index (χ1) is 11.3. The van der Waals surface area contributed by atoms with Gasteiger partial charge in [-0.05, 0) is 25.2 Å². The standard InChI is InChI=1S/C16H21N5OS/c1-23-13(3-9-22)21-8-7-20(10-16(21)4-5-16)15-12-2-6-17-14(12)18-11-19-15/h2,6,9,11,13H,3-5,7-8,10H2,1H3,(H,17,18,19). The Morgan fingerprint density at radius 1 is 1.43 bits per heavy atom. The Morgan fingerprint density at radius 2 is 2.30 bits per heavy atom. The molecule has 0 aromatic carbocycles. The fraction of sp³-hybridized carbons (Fsp3) is 0.562. The van der Waals surface area contributed by atoms with Crippen molar-refractivity contribution in [3.8, 4) is 0 Å². The number of piperazine rings is 1. The van der Waals surface area contributed by atoms with Gasteiger partial charge in [-0.1, -0.05) is 0 Å². The maximum atomic E-state index is 11.0. The summed E-state index contributed by atoms with van der Waals surface area (Å²) in [7, 11) is 0. The molecule has 1 aliphatic carbocycles. The van der Waals surface area contributed by atoms with Crippen LogP contribution in [0.3, 0.4) is 0 Å². The molecule has 3 heterocycles. The number of fused-ring (bicyclic) bond motifs is 1. The van der Waals surface area contributed by atoms with Crippen LogP contribution in [-0.4, -0.2) is 62.9 Å². The van der Waals surface area contributed by atoms with Crippen LogP contribution in [-0.2, 0) is 4.79 Å². The molecule has 6 nitrogen and oxygen atoms in total. The van der Waals surface area contributed by atoms with Gasteiger partial charge in [-0.2, -0.15) is 0 Å². The average molecular weight is 331 g/mol. The van der Waals surface area contributed by atoms with E-state index in [0.29, 0.717) is 11.8 Å². The number of aromatic amines is 1. The molecule has 1 saturated carbocycles. The van der Waals surface area contributed by atoms with Crippen molar-refractivity contribution in [1.82, 2.24) is 19.9 Å². The number of anilines is 1. The summed E-state index contributed by atoms with van der Waals surface area (Å²) in [5.41, 5.74) is 1.12. The number of aldehydes is 1. The highest BCUT2D eigenvalue weighted by atomic mass is 32.2. The Kier molecular flexibility index (Phi) is 3.77. The molecular formula is C16H21N5OS. The van der Waals surface area contributed by atoms with E-state index in [0.717, 1.165) is 42.8 Å². The van der Waals surface area contributed by atoms with Crippen LogP contribution in [0, 0.1) is 0 Å². The number of nitrogens with one attached hydrogen (secondary N) is 1. The lowest BCUT2D eigenvalue weighted by Crippen LogP contribution is -2.58. The summed E-state index contributed by atoms with van der Waals surface area (Å²) >= 11 is 1.79. The quantitative estimate of drug-likeness (QED) is 0.844. The minimum absolute atomic E-state index is 0.225. The molecular weight excluding hydrogens is 310 g/mol. The van der Waals surface area contributed by atoms with E-state index < -0.39 is 0 Å². The number of H-pyrrole nitrogens is 1. The van der Waals surface area contributed by atoms with Gasteiger partial charge < -0.3 is 14.7 Å². The third-order valence-electron chi connectivity index (χ3n) is 5.08. The first kappa shape index (κ1) is 15.0. The van der Waals surface area contributed by atoms with Crippen molar-refractivity contribution in [1.29, 1.82) is 0 Å². The van der Waals surface area contributed by atoms with Crippen molar-refractivity contribution < 1.29 is 4.79 Å². The number of aromatic nitrogens is 3. The van der Waals surface area contributed by atoms with E-state index in [1.807, 2.05) is 12.3 Å². The molecule has 2 aromatic rings. The Balaban J connectivity index is 1.59. The molecule has 2 aromatic heterocycles. The molecule has 1 spiro atoms. The molecule has 122 valence electrons. The van der Waals surface area contributed by atoms with Gasteiger partial charge in [-0.15, -0.1) is 11.8 Å². The van der Waals surface area contributed by atoms with Crippen molar-refractivity contribution in [2.45, 2.75) is 30.2 Å². The Bertz CT molecular complexity index is 713. The molecule has 1 N–H and O–H groups in total. The average Bonchev–Trinajstić information content (AvgIpc) is 3.16. The normalized spacial score (nSPS) is 21.7. The van der Waals surface area contributed by atoms with Crippen LogP contribution in [0.4, 0.5) is 5.82 Å². The lowest BCUT2D eigenvalue weighted by Gasteiger charge is -2.45. The van der Waals surface area contributed by atoms with Crippen LogP contribution >= 0.6 is 11.8 Å². The molecule has 1 saturated heterocycles. The summed E-state index contributed by atoms with van der Waals surface area (Å²) in [4.78, 5) is 27.9. The summed E-state index contributed by atoms with van der Waals surface area (Å²) in [6.45, 7) is 2.91.